The number of aromatic nitrogens is 4. The molecular formula is C20H20N4O2S. The Balaban J connectivity index is 1.82. The van der Waals surface area contributed by atoms with Crippen molar-refractivity contribution in [2.24, 2.45) is 0 Å². The topological polar surface area (TPSA) is 69.9 Å². The monoisotopic (exact) mass is 380 g/mol. The minimum absolute atomic E-state index is 0.0290. The van der Waals surface area contributed by atoms with Crippen LogP contribution in [0.4, 0.5) is 0 Å². The highest BCUT2D eigenvalue weighted by molar-refractivity contribution is 8.00. The van der Waals surface area contributed by atoms with E-state index in [9.17, 15) is 4.79 Å². The fourth-order valence-corrected chi connectivity index (χ4v) is 3.52. The molecule has 0 N–H and O–H groups in total. The molecule has 0 aliphatic rings. The molecule has 6 nitrogen and oxygen atoms in total. The molecule has 0 aliphatic heterocycles. The van der Waals surface area contributed by atoms with Crippen molar-refractivity contribution in [3.8, 4) is 17.1 Å². The first-order chi connectivity index (χ1) is 13.1. The van der Waals surface area contributed by atoms with Gasteiger partial charge in [0.25, 0.3) is 0 Å². The molecule has 3 aromatic rings. The second-order valence-corrected chi connectivity index (χ2v) is 7.10. The summed E-state index contributed by atoms with van der Waals surface area (Å²) in [6, 6.07) is 10.9. The summed E-state index contributed by atoms with van der Waals surface area (Å²) < 4.78 is 7.09. The molecule has 2 heterocycles. The summed E-state index contributed by atoms with van der Waals surface area (Å²) in [6.45, 7) is 6.24. The number of rotatable bonds is 8. The van der Waals surface area contributed by atoms with Crippen molar-refractivity contribution in [2.75, 3.05) is 7.11 Å². The molecule has 1 atom stereocenters. The molecule has 0 amide bonds. The van der Waals surface area contributed by atoms with Crippen molar-refractivity contribution >= 4 is 17.5 Å². The second-order valence-electron chi connectivity index (χ2n) is 5.79. The maximum Gasteiger partial charge on any atom is 0.192 e. The number of ketones is 1. The summed E-state index contributed by atoms with van der Waals surface area (Å²) in [5.74, 6) is 1.48. The van der Waals surface area contributed by atoms with Crippen LogP contribution in [0, 0.1) is 0 Å². The van der Waals surface area contributed by atoms with E-state index in [4.69, 9.17) is 4.74 Å². The van der Waals surface area contributed by atoms with Crippen LogP contribution >= 0.6 is 11.8 Å². The number of carbonyl (C=O) groups is 1. The molecule has 1 aromatic carbocycles. The molecule has 27 heavy (non-hydrogen) atoms. The third-order valence-electron chi connectivity index (χ3n) is 3.99. The number of benzene rings is 1. The van der Waals surface area contributed by atoms with Gasteiger partial charge >= 0.3 is 0 Å². The Hall–Kier alpha value is -2.93. The van der Waals surface area contributed by atoms with Gasteiger partial charge in [-0.2, -0.15) is 0 Å². The van der Waals surface area contributed by atoms with Crippen LogP contribution in [-0.4, -0.2) is 37.9 Å². The van der Waals surface area contributed by atoms with Crippen LogP contribution in [0.1, 0.15) is 17.3 Å². The predicted molar refractivity (Wildman–Crippen MR) is 106 cm³/mol. The summed E-state index contributed by atoms with van der Waals surface area (Å²) in [4.78, 5) is 16.8. The normalized spacial score (nSPS) is 11.8. The Morgan fingerprint density at radius 2 is 1.93 bits per heavy atom. The lowest BCUT2D eigenvalue weighted by atomic mass is 10.1. The average molecular weight is 380 g/mol. The molecule has 0 saturated carbocycles. The lowest BCUT2D eigenvalue weighted by molar-refractivity contribution is 0.0994. The zero-order valence-electron chi connectivity index (χ0n) is 15.2. The maximum atomic E-state index is 12.7. The van der Waals surface area contributed by atoms with Crippen molar-refractivity contribution in [2.45, 2.75) is 23.9 Å². The Bertz CT molecular complexity index is 923. The summed E-state index contributed by atoms with van der Waals surface area (Å²) in [5, 5.41) is 8.96. The third kappa shape index (κ3) is 4.25. The molecule has 3 rings (SSSR count). The molecule has 0 saturated heterocycles. The largest absolute Gasteiger partial charge is 0.497 e. The van der Waals surface area contributed by atoms with E-state index in [-0.39, 0.29) is 11.0 Å². The number of Topliss-reactive ketones (excluding diaryl/α,β-unsaturated/α-hetero) is 1. The Morgan fingerprint density at radius 3 is 2.56 bits per heavy atom. The molecule has 138 valence electrons. The van der Waals surface area contributed by atoms with E-state index in [1.807, 2.05) is 23.6 Å². The van der Waals surface area contributed by atoms with E-state index in [0.717, 1.165) is 17.1 Å². The van der Waals surface area contributed by atoms with Crippen LogP contribution in [0.2, 0.25) is 0 Å². The lowest BCUT2D eigenvalue weighted by Crippen LogP contribution is -2.14. The first kappa shape index (κ1) is 18.8. The van der Waals surface area contributed by atoms with Gasteiger partial charge in [0.2, 0.25) is 0 Å². The van der Waals surface area contributed by atoms with Gasteiger partial charge in [0, 0.05) is 30.1 Å². The van der Waals surface area contributed by atoms with Gasteiger partial charge in [0.15, 0.2) is 16.8 Å². The molecule has 0 bridgehead atoms. The zero-order valence-corrected chi connectivity index (χ0v) is 16.0. The molecule has 0 unspecified atom stereocenters. The summed E-state index contributed by atoms with van der Waals surface area (Å²) >= 11 is 1.38. The molecule has 7 heteroatoms. The molecular weight excluding hydrogens is 360 g/mol. The fraction of sp³-hybridized carbons (Fsp3) is 0.200. The number of hydrogen-bond donors (Lipinski definition) is 0. The van der Waals surface area contributed by atoms with E-state index in [1.54, 1.807) is 49.8 Å². The smallest absolute Gasteiger partial charge is 0.192 e. The maximum absolute atomic E-state index is 12.7. The van der Waals surface area contributed by atoms with E-state index >= 15 is 0 Å². The van der Waals surface area contributed by atoms with Gasteiger partial charge in [-0.1, -0.05) is 17.8 Å². The van der Waals surface area contributed by atoms with Crippen LogP contribution in [-0.2, 0) is 6.54 Å². The number of ether oxygens (including phenoxy) is 1. The number of hydrogen-bond acceptors (Lipinski definition) is 6. The van der Waals surface area contributed by atoms with E-state index in [0.29, 0.717) is 17.3 Å². The van der Waals surface area contributed by atoms with E-state index in [1.165, 1.54) is 11.8 Å². The van der Waals surface area contributed by atoms with E-state index in [2.05, 4.69) is 21.8 Å². The highest BCUT2D eigenvalue weighted by atomic mass is 32.2. The molecule has 0 fully saturated rings. The van der Waals surface area contributed by atoms with Crippen LogP contribution in [0.25, 0.3) is 11.4 Å². The quantitative estimate of drug-likeness (QED) is 0.335. The van der Waals surface area contributed by atoms with Gasteiger partial charge in [-0.3, -0.25) is 14.3 Å². The van der Waals surface area contributed by atoms with Crippen LogP contribution in [0.15, 0.2) is 66.6 Å². The summed E-state index contributed by atoms with van der Waals surface area (Å²) in [5.41, 5.74) is 1.56. The van der Waals surface area contributed by atoms with Gasteiger partial charge in [-0.15, -0.1) is 16.8 Å². The van der Waals surface area contributed by atoms with Crippen LogP contribution < -0.4 is 4.74 Å². The van der Waals surface area contributed by atoms with Crippen molar-refractivity contribution in [3.05, 3.63) is 67.0 Å². The van der Waals surface area contributed by atoms with Crippen molar-refractivity contribution in [1.82, 2.24) is 19.7 Å². The summed E-state index contributed by atoms with van der Waals surface area (Å²) in [6.07, 6.45) is 5.21. The molecule has 0 spiro atoms. The SMILES string of the molecule is C=CCn1c(S[C@H](C)C(=O)c2ccc(OC)cc2)nnc1-c1ccncc1. The Kier molecular flexibility index (Phi) is 6.03. The van der Waals surface area contributed by atoms with Gasteiger partial charge in [-0.05, 0) is 43.3 Å². The van der Waals surface area contributed by atoms with Gasteiger partial charge < -0.3 is 4.74 Å². The minimum Gasteiger partial charge on any atom is -0.497 e. The Labute approximate surface area is 162 Å². The number of nitrogens with zero attached hydrogens (tertiary/aromatic N) is 4. The number of methoxy groups -OCH3 is 1. The van der Waals surface area contributed by atoms with Crippen molar-refractivity contribution in [3.63, 3.8) is 0 Å². The second kappa shape index (κ2) is 8.64. The van der Waals surface area contributed by atoms with Gasteiger partial charge in [-0.25, -0.2) is 0 Å². The molecule has 0 radical (unpaired) electrons. The summed E-state index contributed by atoms with van der Waals surface area (Å²) in [7, 11) is 1.60. The molecule has 0 aliphatic carbocycles. The van der Waals surface area contributed by atoms with E-state index < -0.39 is 0 Å². The van der Waals surface area contributed by atoms with Crippen molar-refractivity contribution in [1.29, 1.82) is 0 Å². The highest BCUT2D eigenvalue weighted by Crippen LogP contribution is 2.28. The lowest BCUT2D eigenvalue weighted by Gasteiger charge is -2.12. The number of carbonyl (C=O) groups excluding carboxylic acids is 1. The van der Waals surface area contributed by atoms with Gasteiger partial charge in [0.05, 0.1) is 12.4 Å². The van der Waals surface area contributed by atoms with Crippen LogP contribution in [0.3, 0.4) is 0 Å². The third-order valence-corrected chi connectivity index (χ3v) is 5.07. The Morgan fingerprint density at radius 1 is 1.22 bits per heavy atom. The first-order valence-corrected chi connectivity index (χ1v) is 9.31. The van der Waals surface area contributed by atoms with Gasteiger partial charge in [0.1, 0.15) is 5.75 Å². The average Bonchev–Trinajstić information content (AvgIpc) is 3.10. The first-order valence-electron chi connectivity index (χ1n) is 8.43. The highest BCUT2D eigenvalue weighted by Gasteiger charge is 2.21. The fourth-order valence-electron chi connectivity index (χ4n) is 2.59. The predicted octanol–water partition coefficient (Wildman–Crippen LogP) is 3.90. The number of allylic oxidation sites excluding steroid dienone is 1. The number of thioether (sulfide) groups is 1. The number of pyridine rings is 1. The molecule has 2 aromatic heterocycles. The zero-order chi connectivity index (χ0) is 19.2. The van der Waals surface area contributed by atoms with Crippen molar-refractivity contribution < 1.29 is 9.53 Å². The van der Waals surface area contributed by atoms with Crippen LogP contribution in [0.5, 0.6) is 5.75 Å². The minimum atomic E-state index is -0.309. The standard InChI is InChI=1S/C20H20N4O2S/c1-4-13-24-19(16-9-11-21-12-10-16)22-23-20(24)27-14(2)18(25)15-5-7-17(26-3)8-6-15/h4-12,14H,1,13H2,2-3H3/t14-/m1/s1.